The van der Waals surface area contributed by atoms with Crippen molar-refractivity contribution in [1.29, 1.82) is 0 Å². The van der Waals surface area contributed by atoms with Gasteiger partial charge in [-0.25, -0.2) is 4.79 Å². The van der Waals surface area contributed by atoms with Crippen LogP contribution in [0.2, 0.25) is 0 Å². The van der Waals surface area contributed by atoms with Crippen LogP contribution in [0, 0.1) is 4.91 Å². The Kier molecular flexibility index (Phi) is 6.52. The van der Waals surface area contributed by atoms with Gasteiger partial charge in [0.1, 0.15) is 6.10 Å². The highest BCUT2D eigenvalue weighted by molar-refractivity contribution is 5.91. The Hall–Kier alpha value is -1.75. The second-order valence-corrected chi connectivity index (χ2v) is 5.58. The number of rotatable bonds is 7. The number of hydrogen-bond acceptors (Lipinski definition) is 5. The Morgan fingerprint density at radius 3 is 2.68 bits per heavy atom. The lowest BCUT2D eigenvalue weighted by Gasteiger charge is -2.22. The van der Waals surface area contributed by atoms with Gasteiger partial charge in [0.2, 0.25) is 6.23 Å². The molecule has 0 bridgehead atoms. The number of ether oxygens (including phenoxy) is 2. The molecule has 1 aliphatic carbocycles. The van der Waals surface area contributed by atoms with Crippen LogP contribution in [0.4, 0.5) is 0 Å². The summed E-state index contributed by atoms with van der Waals surface area (Å²) in [6.07, 6.45) is 5.01. The summed E-state index contributed by atoms with van der Waals surface area (Å²) in [5.41, 5.74) is 0.848. The predicted octanol–water partition coefficient (Wildman–Crippen LogP) is 4.37. The topological polar surface area (TPSA) is 65.0 Å². The van der Waals surface area contributed by atoms with Crippen molar-refractivity contribution in [2.45, 2.75) is 57.8 Å². The minimum atomic E-state index is -0.963. The molecule has 5 nitrogen and oxygen atoms in total. The third kappa shape index (κ3) is 4.37. The largest absolute Gasteiger partial charge is 0.459 e. The van der Waals surface area contributed by atoms with Gasteiger partial charge in [-0.05, 0) is 43.3 Å². The van der Waals surface area contributed by atoms with Crippen molar-refractivity contribution in [3.05, 3.63) is 40.3 Å². The third-order valence-electron chi connectivity index (χ3n) is 3.85. The van der Waals surface area contributed by atoms with Crippen molar-refractivity contribution < 1.29 is 14.3 Å². The fourth-order valence-electron chi connectivity index (χ4n) is 2.70. The van der Waals surface area contributed by atoms with E-state index in [2.05, 4.69) is 5.18 Å². The van der Waals surface area contributed by atoms with Crippen molar-refractivity contribution >= 4 is 5.97 Å². The summed E-state index contributed by atoms with van der Waals surface area (Å²) < 4.78 is 11.0. The summed E-state index contributed by atoms with van der Waals surface area (Å²) in [4.78, 5) is 23.5. The number of hydrogen-bond donors (Lipinski definition) is 0. The van der Waals surface area contributed by atoms with Gasteiger partial charge in [0.15, 0.2) is 0 Å². The van der Waals surface area contributed by atoms with E-state index in [1.54, 1.807) is 24.3 Å². The molecule has 1 aliphatic rings. The lowest BCUT2D eigenvalue weighted by atomic mass is 9.97. The summed E-state index contributed by atoms with van der Waals surface area (Å²) >= 11 is 0. The van der Waals surface area contributed by atoms with Gasteiger partial charge in [-0.15, -0.1) is 4.91 Å². The number of nitrogens with zero attached hydrogens (tertiary/aromatic N) is 1. The first-order valence-electron chi connectivity index (χ1n) is 8.00. The van der Waals surface area contributed by atoms with Gasteiger partial charge < -0.3 is 9.47 Å². The Balaban J connectivity index is 2.11. The van der Waals surface area contributed by atoms with E-state index in [9.17, 15) is 9.70 Å². The maximum absolute atomic E-state index is 12.4. The zero-order valence-electron chi connectivity index (χ0n) is 13.0. The van der Waals surface area contributed by atoms with Gasteiger partial charge in [-0.2, -0.15) is 0 Å². The molecule has 0 spiro atoms. The Morgan fingerprint density at radius 1 is 1.27 bits per heavy atom. The predicted molar refractivity (Wildman–Crippen MR) is 83.5 cm³/mol. The highest BCUT2D eigenvalue weighted by Crippen LogP contribution is 2.26. The van der Waals surface area contributed by atoms with E-state index in [-0.39, 0.29) is 6.10 Å². The summed E-state index contributed by atoms with van der Waals surface area (Å²) in [5.74, 6) is -0.392. The molecule has 0 aromatic heterocycles. The lowest BCUT2D eigenvalue weighted by Crippen LogP contribution is -2.22. The van der Waals surface area contributed by atoms with Gasteiger partial charge >= 0.3 is 5.97 Å². The maximum Gasteiger partial charge on any atom is 0.338 e. The number of esters is 1. The van der Waals surface area contributed by atoms with Crippen LogP contribution in [0.3, 0.4) is 0 Å². The van der Waals surface area contributed by atoms with E-state index in [1.165, 1.54) is 6.42 Å². The molecule has 0 aliphatic heterocycles. The van der Waals surface area contributed by atoms with Crippen LogP contribution in [0.25, 0.3) is 0 Å². The molecule has 0 radical (unpaired) electrons. The molecule has 0 saturated heterocycles. The van der Waals surface area contributed by atoms with Crippen LogP contribution in [0.1, 0.15) is 67.6 Å². The minimum absolute atomic E-state index is 0.0199. The molecule has 120 valence electrons. The van der Waals surface area contributed by atoms with E-state index in [1.807, 2.05) is 6.92 Å². The molecule has 2 rings (SSSR count). The average Bonchev–Trinajstić information content (AvgIpc) is 2.57. The Labute approximate surface area is 131 Å². The number of carbonyl (C=O) groups is 1. The normalized spacial score (nSPS) is 17.0. The molecule has 1 saturated carbocycles. The van der Waals surface area contributed by atoms with Crippen LogP contribution in [-0.2, 0) is 9.47 Å². The molecular weight excluding hydrogens is 282 g/mol. The summed E-state index contributed by atoms with van der Waals surface area (Å²) in [7, 11) is 0. The molecular formula is C17H23NO4. The van der Waals surface area contributed by atoms with E-state index in [0.29, 0.717) is 17.7 Å². The minimum Gasteiger partial charge on any atom is -0.459 e. The number of benzene rings is 1. The second-order valence-electron chi connectivity index (χ2n) is 5.58. The fourth-order valence-corrected chi connectivity index (χ4v) is 2.70. The van der Waals surface area contributed by atoms with E-state index >= 15 is 0 Å². The standard InChI is InChI=1S/C17H23NO4/c1-2-12-21-16(18-20)14-10-6-7-11-15(14)17(19)22-13-8-4-3-5-9-13/h6-7,10-11,13,16H,2-5,8-9,12H2,1H3. The molecule has 0 heterocycles. The quantitative estimate of drug-likeness (QED) is 0.554. The first kappa shape index (κ1) is 16.6. The van der Waals surface area contributed by atoms with Crippen LogP contribution < -0.4 is 0 Å². The van der Waals surface area contributed by atoms with Crippen LogP contribution >= 0.6 is 0 Å². The molecule has 1 fully saturated rings. The number of nitroso groups, excluding NO2 is 1. The zero-order valence-corrected chi connectivity index (χ0v) is 13.0. The maximum atomic E-state index is 12.4. The van der Waals surface area contributed by atoms with E-state index in [4.69, 9.17) is 9.47 Å². The van der Waals surface area contributed by atoms with E-state index in [0.717, 1.165) is 32.1 Å². The monoisotopic (exact) mass is 305 g/mol. The van der Waals surface area contributed by atoms with Gasteiger partial charge in [0, 0.05) is 12.2 Å². The smallest absolute Gasteiger partial charge is 0.338 e. The molecule has 1 aromatic rings. The van der Waals surface area contributed by atoms with Gasteiger partial charge in [-0.3, -0.25) is 0 Å². The van der Waals surface area contributed by atoms with Crippen molar-refractivity contribution in [2.75, 3.05) is 6.61 Å². The molecule has 5 heteroatoms. The molecule has 1 aromatic carbocycles. The van der Waals surface area contributed by atoms with Crippen molar-refractivity contribution in [3.63, 3.8) is 0 Å². The molecule has 1 unspecified atom stereocenters. The number of carbonyl (C=O) groups excluding carboxylic acids is 1. The van der Waals surface area contributed by atoms with Crippen LogP contribution in [0.15, 0.2) is 29.4 Å². The van der Waals surface area contributed by atoms with E-state index < -0.39 is 12.2 Å². The highest BCUT2D eigenvalue weighted by Gasteiger charge is 2.24. The van der Waals surface area contributed by atoms with Crippen molar-refractivity contribution in [2.24, 2.45) is 5.18 Å². The van der Waals surface area contributed by atoms with Gasteiger partial charge in [0.25, 0.3) is 0 Å². The molecule has 1 atom stereocenters. The zero-order chi connectivity index (χ0) is 15.8. The van der Waals surface area contributed by atoms with Gasteiger partial charge in [-0.1, -0.05) is 31.5 Å². The Bertz CT molecular complexity index is 497. The summed E-state index contributed by atoms with van der Waals surface area (Å²) in [6, 6.07) is 6.87. The molecule has 0 amide bonds. The first-order valence-corrected chi connectivity index (χ1v) is 8.00. The average molecular weight is 305 g/mol. The van der Waals surface area contributed by atoms with Crippen molar-refractivity contribution in [1.82, 2.24) is 0 Å². The third-order valence-corrected chi connectivity index (χ3v) is 3.85. The second kappa shape index (κ2) is 8.63. The van der Waals surface area contributed by atoms with Crippen molar-refractivity contribution in [3.8, 4) is 0 Å². The fraction of sp³-hybridized carbons (Fsp3) is 0.588. The Morgan fingerprint density at radius 2 is 2.00 bits per heavy atom. The SMILES string of the molecule is CCCOC(N=O)c1ccccc1C(=O)OC1CCCCC1. The first-order chi connectivity index (χ1) is 10.8. The van der Waals surface area contributed by atoms with Crippen LogP contribution in [0.5, 0.6) is 0 Å². The summed E-state index contributed by atoms with van der Waals surface area (Å²) in [5, 5.41) is 3.01. The summed E-state index contributed by atoms with van der Waals surface area (Å²) in [6.45, 7) is 2.37. The van der Waals surface area contributed by atoms with Gasteiger partial charge in [0.05, 0.1) is 5.56 Å². The molecule has 22 heavy (non-hydrogen) atoms. The molecule has 0 N–H and O–H groups in total. The highest BCUT2D eigenvalue weighted by atomic mass is 16.5. The van der Waals surface area contributed by atoms with Crippen LogP contribution in [-0.4, -0.2) is 18.7 Å². The lowest BCUT2D eigenvalue weighted by molar-refractivity contribution is 0.0194.